The fourth-order valence-corrected chi connectivity index (χ4v) is 2.23. The molecule has 0 aliphatic carbocycles. The molecule has 0 amide bonds. The molecule has 0 radical (unpaired) electrons. The summed E-state index contributed by atoms with van der Waals surface area (Å²) in [6.07, 6.45) is 6.74. The highest BCUT2D eigenvalue weighted by Crippen LogP contribution is 2.22. The highest BCUT2D eigenvalue weighted by molar-refractivity contribution is 5.77. The van der Waals surface area contributed by atoms with Crippen molar-refractivity contribution in [3.8, 4) is 16.9 Å². The third-order valence-corrected chi connectivity index (χ3v) is 3.22. The molecule has 0 saturated carbocycles. The number of rotatable bonds is 2. The minimum atomic E-state index is 0.612. The van der Waals surface area contributed by atoms with Gasteiger partial charge in [0.2, 0.25) is 0 Å². The Labute approximate surface area is 119 Å². The summed E-state index contributed by atoms with van der Waals surface area (Å²) in [7, 11) is 0. The number of hydrogen-bond acceptors (Lipinski definition) is 5. The van der Waals surface area contributed by atoms with Gasteiger partial charge >= 0.3 is 0 Å². The Hall–Kier alpha value is -3.22. The number of hydrogen-bond donors (Lipinski definition) is 2. The largest absolute Gasteiger partial charge is 0.399 e. The zero-order valence-corrected chi connectivity index (χ0v) is 10.9. The van der Waals surface area contributed by atoms with Gasteiger partial charge in [-0.15, -0.1) is 0 Å². The molecule has 7 nitrogen and oxygen atoms in total. The standard InChI is InChI=1S/C14H11N7/c15-11-3-1-2-9(4-11)10-5-20-21(6-10)14-12-13(17-7-16-12)18-8-19-14/h1-8H,15H2,(H,16,17,18,19). The first kappa shape index (κ1) is 11.6. The Balaban J connectivity index is 1.83. The third-order valence-electron chi connectivity index (χ3n) is 3.22. The van der Waals surface area contributed by atoms with Crippen molar-refractivity contribution < 1.29 is 0 Å². The number of aromatic nitrogens is 6. The molecule has 21 heavy (non-hydrogen) atoms. The maximum absolute atomic E-state index is 5.81. The number of nitrogens with two attached hydrogens (primary N) is 1. The fourth-order valence-electron chi connectivity index (χ4n) is 2.23. The van der Waals surface area contributed by atoms with Gasteiger partial charge < -0.3 is 10.7 Å². The molecular formula is C14H11N7. The van der Waals surface area contributed by atoms with Gasteiger partial charge in [0, 0.05) is 17.4 Å². The second kappa shape index (κ2) is 4.41. The SMILES string of the molecule is Nc1cccc(-c2cnn(-c3ncnc4nc[nH]c34)c2)c1. The van der Waals surface area contributed by atoms with E-state index in [0.717, 1.165) is 22.3 Å². The van der Waals surface area contributed by atoms with E-state index >= 15 is 0 Å². The molecule has 0 bridgehead atoms. The van der Waals surface area contributed by atoms with Gasteiger partial charge in [0.05, 0.1) is 12.5 Å². The third kappa shape index (κ3) is 1.91. The lowest BCUT2D eigenvalue weighted by atomic mass is 10.1. The van der Waals surface area contributed by atoms with Gasteiger partial charge in [0.15, 0.2) is 11.5 Å². The van der Waals surface area contributed by atoms with E-state index in [9.17, 15) is 0 Å². The van der Waals surface area contributed by atoms with Gasteiger partial charge in [-0.25, -0.2) is 19.6 Å². The maximum Gasteiger partial charge on any atom is 0.182 e. The summed E-state index contributed by atoms with van der Waals surface area (Å²) >= 11 is 0. The molecule has 3 heterocycles. The van der Waals surface area contributed by atoms with Crippen molar-refractivity contribution in [3.05, 3.63) is 49.3 Å². The first-order valence-electron chi connectivity index (χ1n) is 6.36. The maximum atomic E-state index is 5.81. The molecule has 0 unspecified atom stereocenters. The van der Waals surface area contributed by atoms with Gasteiger partial charge in [-0.05, 0) is 17.7 Å². The van der Waals surface area contributed by atoms with Crippen LogP contribution in [0.25, 0.3) is 28.1 Å². The smallest absolute Gasteiger partial charge is 0.182 e. The summed E-state index contributed by atoms with van der Waals surface area (Å²) < 4.78 is 1.70. The number of aromatic amines is 1. The van der Waals surface area contributed by atoms with Crippen molar-refractivity contribution in [1.82, 2.24) is 29.7 Å². The summed E-state index contributed by atoms with van der Waals surface area (Å²) in [5.74, 6) is 0.660. The summed E-state index contributed by atoms with van der Waals surface area (Å²) in [5.41, 5.74) is 9.87. The average Bonchev–Trinajstić information content (AvgIpc) is 3.16. The van der Waals surface area contributed by atoms with E-state index in [2.05, 4.69) is 25.0 Å². The van der Waals surface area contributed by atoms with Gasteiger partial charge in [0.25, 0.3) is 0 Å². The fraction of sp³-hybridized carbons (Fsp3) is 0. The molecule has 0 spiro atoms. The molecule has 7 heteroatoms. The van der Waals surface area contributed by atoms with Crippen LogP contribution in [0.4, 0.5) is 5.69 Å². The Morgan fingerprint density at radius 3 is 2.95 bits per heavy atom. The number of H-pyrrole nitrogens is 1. The lowest BCUT2D eigenvalue weighted by Gasteiger charge is -2.01. The lowest BCUT2D eigenvalue weighted by Crippen LogP contribution is -1.99. The molecule has 0 aliphatic heterocycles. The molecular weight excluding hydrogens is 266 g/mol. The van der Waals surface area contributed by atoms with E-state index < -0.39 is 0 Å². The van der Waals surface area contributed by atoms with Gasteiger partial charge in [0.1, 0.15) is 11.8 Å². The molecule has 3 N–H and O–H groups in total. The number of nitrogens with zero attached hydrogens (tertiary/aromatic N) is 5. The number of anilines is 1. The van der Waals surface area contributed by atoms with Crippen molar-refractivity contribution in [1.29, 1.82) is 0 Å². The molecule has 3 aromatic heterocycles. The second-order valence-corrected chi connectivity index (χ2v) is 4.60. The number of imidazole rings is 1. The number of fused-ring (bicyclic) bond motifs is 1. The zero-order valence-electron chi connectivity index (χ0n) is 10.9. The van der Waals surface area contributed by atoms with Crippen LogP contribution in [0.15, 0.2) is 49.3 Å². The topological polar surface area (TPSA) is 98.3 Å². The molecule has 0 fully saturated rings. The first-order chi connectivity index (χ1) is 10.3. The lowest BCUT2D eigenvalue weighted by molar-refractivity contribution is 0.848. The Kier molecular flexibility index (Phi) is 2.43. The average molecular weight is 277 g/mol. The van der Waals surface area contributed by atoms with E-state index in [1.165, 1.54) is 6.33 Å². The van der Waals surface area contributed by atoms with Crippen molar-refractivity contribution >= 4 is 16.9 Å². The Bertz CT molecular complexity index is 922. The van der Waals surface area contributed by atoms with Crippen LogP contribution in [0.1, 0.15) is 0 Å². The minimum Gasteiger partial charge on any atom is -0.399 e. The Morgan fingerprint density at radius 2 is 2.05 bits per heavy atom. The molecule has 0 atom stereocenters. The summed E-state index contributed by atoms with van der Waals surface area (Å²) in [4.78, 5) is 15.5. The van der Waals surface area contributed by atoms with Crippen molar-refractivity contribution in [2.45, 2.75) is 0 Å². The van der Waals surface area contributed by atoms with E-state index in [1.807, 2.05) is 30.5 Å². The minimum absolute atomic E-state index is 0.612. The van der Waals surface area contributed by atoms with Crippen molar-refractivity contribution in [2.75, 3.05) is 5.73 Å². The first-order valence-corrected chi connectivity index (χ1v) is 6.36. The highest BCUT2D eigenvalue weighted by atomic mass is 15.3. The molecule has 0 saturated heterocycles. The monoisotopic (exact) mass is 277 g/mol. The van der Waals surface area contributed by atoms with Crippen molar-refractivity contribution in [2.24, 2.45) is 0 Å². The van der Waals surface area contributed by atoms with E-state index in [4.69, 9.17) is 5.73 Å². The quantitative estimate of drug-likeness (QED) is 0.544. The van der Waals surface area contributed by atoms with E-state index in [1.54, 1.807) is 17.2 Å². The van der Waals surface area contributed by atoms with Crippen LogP contribution in [-0.2, 0) is 0 Å². The van der Waals surface area contributed by atoms with Crippen LogP contribution in [0.2, 0.25) is 0 Å². The molecule has 0 aliphatic rings. The van der Waals surface area contributed by atoms with Crippen molar-refractivity contribution in [3.63, 3.8) is 0 Å². The van der Waals surface area contributed by atoms with Crippen LogP contribution >= 0.6 is 0 Å². The van der Waals surface area contributed by atoms with Crippen LogP contribution < -0.4 is 5.73 Å². The van der Waals surface area contributed by atoms with Gasteiger partial charge in [-0.1, -0.05) is 12.1 Å². The number of benzene rings is 1. The van der Waals surface area contributed by atoms with Crippen LogP contribution in [0.5, 0.6) is 0 Å². The van der Waals surface area contributed by atoms with Crippen LogP contribution in [-0.4, -0.2) is 29.7 Å². The molecule has 102 valence electrons. The zero-order chi connectivity index (χ0) is 14.2. The molecule has 1 aromatic carbocycles. The van der Waals surface area contributed by atoms with Crippen LogP contribution in [0.3, 0.4) is 0 Å². The second-order valence-electron chi connectivity index (χ2n) is 4.60. The van der Waals surface area contributed by atoms with Gasteiger partial charge in [-0.2, -0.15) is 5.10 Å². The normalized spacial score (nSPS) is 11.0. The van der Waals surface area contributed by atoms with Crippen LogP contribution in [0, 0.1) is 0 Å². The summed E-state index contributed by atoms with van der Waals surface area (Å²) in [5, 5.41) is 4.36. The molecule has 4 aromatic rings. The number of nitrogen functional groups attached to an aromatic ring is 1. The summed E-state index contributed by atoms with van der Waals surface area (Å²) in [6.45, 7) is 0. The number of nitrogens with one attached hydrogen (secondary N) is 1. The summed E-state index contributed by atoms with van der Waals surface area (Å²) in [6, 6.07) is 7.67. The predicted molar refractivity (Wildman–Crippen MR) is 78.7 cm³/mol. The highest BCUT2D eigenvalue weighted by Gasteiger charge is 2.10. The predicted octanol–water partition coefficient (Wildman–Crippen LogP) is 1.79. The Morgan fingerprint density at radius 1 is 1.10 bits per heavy atom. The molecule has 4 rings (SSSR count). The van der Waals surface area contributed by atoms with E-state index in [0.29, 0.717) is 11.5 Å². The van der Waals surface area contributed by atoms with E-state index in [-0.39, 0.29) is 0 Å². The van der Waals surface area contributed by atoms with Gasteiger partial charge in [-0.3, -0.25) is 0 Å².